The highest BCUT2D eigenvalue weighted by atomic mass is 32.1. The van der Waals surface area contributed by atoms with Gasteiger partial charge in [0.2, 0.25) is 4.77 Å². The number of ether oxygens (including phenoxy) is 2. The summed E-state index contributed by atoms with van der Waals surface area (Å²) >= 11 is 5.90. The number of aromatic nitrogens is 3. The van der Waals surface area contributed by atoms with E-state index < -0.39 is 0 Å². The van der Waals surface area contributed by atoms with Gasteiger partial charge in [0.15, 0.2) is 12.5 Å². The molecule has 0 bridgehead atoms. The zero-order valence-corrected chi connectivity index (χ0v) is 19.3. The van der Waals surface area contributed by atoms with Gasteiger partial charge in [-0.1, -0.05) is 42.5 Å². The first-order valence-corrected chi connectivity index (χ1v) is 10.8. The van der Waals surface area contributed by atoms with Crippen molar-refractivity contribution < 1.29 is 14.4 Å². The second kappa shape index (κ2) is 9.80. The summed E-state index contributed by atoms with van der Waals surface area (Å²) in [5, 5.41) is 4.93. The predicted molar refractivity (Wildman–Crippen MR) is 128 cm³/mol. The van der Waals surface area contributed by atoms with Gasteiger partial charge in [-0.2, -0.15) is 4.68 Å². The Morgan fingerprint density at radius 2 is 1.56 bits per heavy atom. The topological polar surface area (TPSA) is 45.6 Å². The monoisotopic (exact) mass is 447 g/mol. The summed E-state index contributed by atoms with van der Waals surface area (Å²) in [5.41, 5.74) is 3.08. The largest absolute Gasteiger partial charge is 0.497 e. The van der Waals surface area contributed by atoms with E-state index in [9.17, 15) is 0 Å². The Bertz CT molecular complexity index is 1230. The standard InChI is InChI=1S/C25H26N4O2S/c1-27(17-19-9-5-4-6-10-19)18-28-25(32)29(20-13-15-21(30-2)16-14-20)24(26-28)22-11-7-8-12-23(22)31-3/h4-16H,17-18H2,1-3H3/p+1. The van der Waals surface area contributed by atoms with Crippen LogP contribution < -0.4 is 14.4 Å². The smallest absolute Gasteiger partial charge is 0.207 e. The predicted octanol–water partition coefficient (Wildman–Crippen LogP) is 3.76. The minimum atomic E-state index is 0.628. The molecule has 0 aliphatic heterocycles. The van der Waals surface area contributed by atoms with E-state index in [1.54, 1.807) is 14.2 Å². The van der Waals surface area contributed by atoms with Crippen molar-refractivity contribution in [3.05, 3.63) is 89.2 Å². The summed E-state index contributed by atoms with van der Waals surface area (Å²) in [4.78, 5) is 1.28. The Balaban J connectivity index is 1.76. The van der Waals surface area contributed by atoms with Gasteiger partial charge < -0.3 is 14.4 Å². The Labute approximate surface area is 193 Å². The highest BCUT2D eigenvalue weighted by molar-refractivity contribution is 7.71. The van der Waals surface area contributed by atoms with Gasteiger partial charge in [-0.25, -0.2) is 0 Å². The van der Waals surface area contributed by atoms with E-state index in [0.29, 0.717) is 11.4 Å². The maximum Gasteiger partial charge on any atom is 0.207 e. The first kappa shape index (κ1) is 21.8. The number of hydrogen-bond acceptors (Lipinski definition) is 4. The number of quaternary nitrogens is 1. The van der Waals surface area contributed by atoms with Crippen LogP contribution in [-0.2, 0) is 13.2 Å². The molecular formula is C25H27N4O2S+. The molecule has 0 saturated carbocycles. The van der Waals surface area contributed by atoms with Crippen LogP contribution in [0.25, 0.3) is 17.1 Å². The third-order valence-corrected chi connectivity index (χ3v) is 5.68. The number of para-hydroxylation sites is 1. The fourth-order valence-corrected chi connectivity index (χ4v) is 4.03. The lowest BCUT2D eigenvalue weighted by molar-refractivity contribution is -0.917. The molecule has 0 saturated heterocycles. The van der Waals surface area contributed by atoms with E-state index in [1.165, 1.54) is 10.5 Å². The molecule has 0 aliphatic rings. The van der Waals surface area contributed by atoms with E-state index in [2.05, 4.69) is 31.3 Å². The molecule has 1 heterocycles. The van der Waals surface area contributed by atoms with Crippen molar-refractivity contribution in [1.82, 2.24) is 14.3 Å². The molecule has 0 aliphatic carbocycles. The minimum Gasteiger partial charge on any atom is -0.497 e. The van der Waals surface area contributed by atoms with Crippen molar-refractivity contribution in [3.63, 3.8) is 0 Å². The van der Waals surface area contributed by atoms with Crippen molar-refractivity contribution in [2.24, 2.45) is 0 Å². The molecule has 4 aromatic rings. The molecule has 0 amide bonds. The molecule has 1 atom stereocenters. The normalized spacial score (nSPS) is 11.8. The Morgan fingerprint density at radius 1 is 0.875 bits per heavy atom. The van der Waals surface area contributed by atoms with Crippen LogP contribution >= 0.6 is 12.2 Å². The zero-order valence-electron chi connectivity index (χ0n) is 18.5. The van der Waals surface area contributed by atoms with Crippen LogP contribution in [0.1, 0.15) is 5.56 Å². The molecule has 1 unspecified atom stereocenters. The average molecular weight is 448 g/mol. The van der Waals surface area contributed by atoms with Gasteiger partial charge in [-0.15, -0.1) is 5.10 Å². The highest BCUT2D eigenvalue weighted by Gasteiger charge is 2.19. The quantitative estimate of drug-likeness (QED) is 0.418. The van der Waals surface area contributed by atoms with E-state index in [1.807, 2.05) is 63.8 Å². The lowest BCUT2D eigenvalue weighted by Gasteiger charge is -2.13. The molecular weight excluding hydrogens is 420 g/mol. The number of benzene rings is 3. The van der Waals surface area contributed by atoms with Crippen LogP contribution in [0.5, 0.6) is 11.5 Å². The lowest BCUT2D eigenvalue weighted by Crippen LogP contribution is -3.07. The van der Waals surface area contributed by atoms with Gasteiger partial charge in [0.05, 0.1) is 32.5 Å². The summed E-state index contributed by atoms with van der Waals surface area (Å²) in [5.74, 6) is 2.28. The van der Waals surface area contributed by atoms with Crippen molar-refractivity contribution in [2.45, 2.75) is 13.2 Å². The number of methoxy groups -OCH3 is 2. The van der Waals surface area contributed by atoms with Gasteiger partial charge >= 0.3 is 0 Å². The highest BCUT2D eigenvalue weighted by Crippen LogP contribution is 2.31. The summed E-state index contributed by atoms with van der Waals surface area (Å²) in [6.07, 6.45) is 0. The first-order chi connectivity index (χ1) is 15.6. The molecule has 32 heavy (non-hydrogen) atoms. The summed E-state index contributed by atoms with van der Waals surface area (Å²) in [6.45, 7) is 1.51. The van der Waals surface area contributed by atoms with Crippen LogP contribution in [0, 0.1) is 4.77 Å². The Kier molecular flexibility index (Phi) is 6.68. The molecule has 0 fully saturated rings. The first-order valence-electron chi connectivity index (χ1n) is 10.4. The number of nitrogens with zero attached hydrogens (tertiary/aromatic N) is 3. The van der Waals surface area contributed by atoms with E-state index in [0.717, 1.165) is 35.1 Å². The fraction of sp³-hybridized carbons (Fsp3) is 0.200. The lowest BCUT2D eigenvalue weighted by atomic mass is 10.2. The second-order valence-electron chi connectivity index (χ2n) is 7.62. The number of hydrogen-bond donors (Lipinski definition) is 1. The molecule has 7 heteroatoms. The molecule has 1 N–H and O–H groups in total. The van der Waals surface area contributed by atoms with Crippen LogP contribution in [0.2, 0.25) is 0 Å². The molecule has 6 nitrogen and oxygen atoms in total. The van der Waals surface area contributed by atoms with Gasteiger partial charge in [0, 0.05) is 5.56 Å². The maximum absolute atomic E-state index is 5.90. The molecule has 164 valence electrons. The maximum atomic E-state index is 5.90. The molecule has 0 spiro atoms. The second-order valence-corrected chi connectivity index (χ2v) is 7.98. The third-order valence-electron chi connectivity index (χ3n) is 5.29. The number of rotatable bonds is 8. The van der Waals surface area contributed by atoms with E-state index in [4.69, 9.17) is 26.8 Å². The Morgan fingerprint density at radius 3 is 2.25 bits per heavy atom. The van der Waals surface area contributed by atoms with Crippen LogP contribution in [0.4, 0.5) is 0 Å². The minimum absolute atomic E-state index is 0.628. The van der Waals surface area contributed by atoms with Gasteiger partial charge in [0.25, 0.3) is 0 Å². The number of nitrogens with one attached hydrogen (secondary N) is 1. The third kappa shape index (κ3) is 4.59. The fourth-order valence-electron chi connectivity index (χ4n) is 3.73. The van der Waals surface area contributed by atoms with Crippen molar-refractivity contribution in [2.75, 3.05) is 21.3 Å². The summed E-state index contributed by atoms with van der Waals surface area (Å²) < 4.78 is 15.4. The molecule has 0 radical (unpaired) electrons. The van der Waals surface area contributed by atoms with Crippen molar-refractivity contribution in [3.8, 4) is 28.6 Å². The van der Waals surface area contributed by atoms with Crippen LogP contribution in [0.3, 0.4) is 0 Å². The van der Waals surface area contributed by atoms with Gasteiger partial charge in [-0.05, 0) is 48.6 Å². The SMILES string of the molecule is COc1ccc(-n2c(-c3ccccc3OC)nn(C[NH+](C)Cc3ccccc3)c2=S)cc1. The molecule has 3 aromatic carbocycles. The van der Waals surface area contributed by atoms with Crippen LogP contribution in [0.15, 0.2) is 78.9 Å². The van der Waals surface area contributed by atoms with E-state index in [-0.39, 0.29) is 0 Å². The summed E-state index contributed by atoms with van der Waals surface area (Å²) in [6, 6.07) is 26.1. The van der Waals surface area contributed by atoms with Gasteiger partial charge in [-0.3, -0.25) is 4.57 Å². The van der Waals surface area contributed by atoms with Crippen molar-refractivity contribution in [1.29, 1.82) is 0 Å². The summed E-state index contributed by atoms with van der Waals surface area (Å²) in [7, 11) is 5.47. The zero-order chi connectivity index (χ0) is 22.5. The van der Waals surface area contributed by atoms with Crippen molar-refractivity contribution >= 4 is 12.2 Å². The van der Waals surface area contributed by atoms with Gasteiger partial charge in [0.1, 0.15) is 18.0 Å². The Hall–Kier alpha value is -3.42. The average Bonchev–Trinajstić information content (AvgIpc) is 3.15. The van der Waals surface area contributed by atoms with Crippen LogP contribution in [-0.4, -0.2) is 35.6 Å². The molecule has 1 aromatic heterocycles. The molecule has 4 rings (SSSR count). The van der Waals surface area contributed by atoms with E-state index >= 15 is 0 Å².